The number of hydrogen-bond donors (Lipinski definition) is 1. The lowest BCUT2D eigenvalue weighted by molar-refractivity contribution is 0.0669. The lowest BCUT2D eigenvalue weighted by Crippen LogP contribution is -2.53. The molecule has 1 aromatic carbocycles. The molecule has 104 valence electrons. The predicted molar refractivity (Wildman–Crippen MR) is 75.4 cm³/mol. The molecule has 19 heavy (non-hydrogen) atoms. The molecule has 1 aliphatic carbocycles. The number of likely N-dealkylation sites (tertiary alicyclic amines) is 1. The van der Waals surface area contributed by atoms with E-state index in [-0.39, 0.29) is 5.82 Å². The van der Waals surface area contributed by atoms with Crippen molar-refractivity contribution in [1.29, 1.82) is 0 Å². The van der Waals surface area contributed by atoms with Crippen LogP contribution in [0.2, 0.25) is 0 Å². The van der Waals surface area contributed by atoms with Gasteiger partial charge in [-0.05, 0) is 49.3 Å². The highest BCUT2D eigenvalue weighted by Gasteiger charge is 2.32. The minimum atomic E-state index is -0.153. The molecule has 1 aliphatic heterocycles. The molecule has 0 aromatic heterocycles. The van der Waals surface area contributed by atoms with E-state index in [2.05, 4.69) is 4.90 Å². The number of hydrogen-bond acceptors (Lipinski definition) is 2. The molecule has 0 radical (unpaired) electrons. The topological polar surface area (TPSA) is 29.3 Å². The zero-order chi connectivity index (χ0) is 13.2. The fraction of sp³-hybridized carbons (Fsp3) is 0.625. The van der Waals surface area contributed by atoms with Crippen molar-refractivity contribution in [1.82, 2.24) is 4.90 Å². The molecule has 1 saturated heterocycles. The van der Waals surface area contributed by atoms with Gasteiger partial charge in [-0.2, -0.15) is 0 Å². The minimum Gasteiger partial charge on any atom is -0.327 e. The van der Waals surface area contributed by atoms with Gasteiger partial charge in [-0.3, -0.25) is 4.90 Å². The molecule has 2 N–H and O–H groups in total. The Bertz CT molecular complexity index is 413. The van der Waals surface area contributed by atoms with Crippen LogP contribution in [0, 0.1) is 11.7 Å². The maximum absolute atomic E-state index is 12.9. The van der Waals surface area contributed by atoms with E-state index < -0.39 is 0 Å². The quantitative estimate of drug-likeness (QED) is 0.907. The number of nitrogens with two attached hydrogens (primary N) is 1. The zero-order valence-corrected chi connectivity index (χ0v) is 11.4. The summed E-state index contributed by atoms with van der Waals surface area (Å²) >= 11 is 0. The summed E-state index contributed by atoms with van der Waals surface area (Å²) in [6, 6.07) is 8.01. The molecule has 0 amide bonds. The van der Waals surface area contributed by atoms with Gasteiger partial charge in [0.2, 0.25) is 0 Å². The summed E-state index contributed by atoms with van der Waals surface area (Å²) in [7, 11) is 0. The Kier molecular flexibility index (Phi) is 3.85. The Labute approximate surface area is 114 Å². The second kappa shape index (κ2) is 5.59. The molecule has 0 bridgehead atoms. The second-order valence-corrected chi connectivity index (χ2v) is 6.23. The van der Waals surface area contributed by atoms with E-state index in [4.69, 9.17) is 5.73 Å². The van der Waals surface area contributed by atoms with Gasteiger partial charge in [-0.1, -0.05) is 18.6 Å². The van der Waals surface area contributed by atoms with Crippen molar-refractivity contribution in [2.75, 3.05) is 13.1 Å². The van der Waals surface area contributed by atoms with Gasteiger partial charge in [0.05, 0.1) is 0 Å². The SMILES string of the molecule is NC1CC(Cc2ccc(F)cc2)CN(C2CCC2)C1. The fourth-order valence-corrected chi connectivity index (χ4v) is 3.44. The van der Waals surface area contributed by atoms with E-state index in [1.54, 1.807) is 12.1 Å². The van der Waals surface area contributed by atoms with Gasteiger partial charge in [0.1, 0.15) is 5.82 Å². The maximum Gasteiger partial charge on any atom is 0.123 e. The first-order valence-electron chi connectivity index (χ1n) is 7.45. The van der Waals surface area contributed by atoms with Gasteiger partial charge in [0.15, 0.2) is 0 Å². The standard InChI is InChI=1S/C16H23FN2/c17-14-6-4-12(5-7-14)8-13-9-15(18)11-19(10-13)16-2-1-3-16/h4-7,13,15-16H,1-3,8-11,18H2. The molecule has 0 spiro atoms. The summed E-state index contributed by atoms with van der Waals surface area (Å²) < 4.78 is 12.9. The molecule has 1 aromatic rings. The van der Waals surface area contributed by atoms with E-state index in [1.165, 1.54) is 24.8 Å². The van der Waals surface area contributed by atoms with Gasteiger partial charge in [-0.25, -0.2) is 4.39 Å². The first-order chi connectivity index (χ1) is 9.20. The van der Waals surface area contributed by atoms with Crippen LogP contribution in [0.5, 0.6) is 0 Å². The first-order valence-corrected chi connectivity index (χ1v) is 7.45. The third-order valence-electron chi connectivity index (χ3n) is 4.63. The highest BCUT2D eigenvalue weighted by Crippen LogP contribution is 2.30. The Balaban J connectivity index is 1.61. The van der Waals surface area contributed by atoms with Crippen LogP contribution in [-0.2, 0) is 6.42 Å². The third kappa shape index (κ3) is 3.15. The van der Waals surface area contributed by atoms with Crippen LogP contribution in [0.3, 0.4) is 0 Å². The number of piperidine rings is 1. The highest BCUT2D eigenvalue weighted by molar-refractivity contribution is 5.17. The van der Waals surface area contributed by atoms with Crippen molar-refractivity contribution in [3.8, 4) is 0 Å². The Morgan fingerprint density at radius 1 is 1.16 bits per heavy atom. The smallest absolute Gasteiger partial charge is 0.123 e. The number of rotatable bonds is 3. The predicted octanol–water partition coefficient (Wildman–Crippen LogP) is 2.57. The van der Waals surface area contributed by atoms with Crippen LogP contribution >= 0.6 is 0 Å². The lowest BCUT2D eigenvalue weighted by Gasteiger charge is -2.44. The largest absolute Gasteiger partial charge is 0.327 e. The second-order valence-electron chi connectivity index (χ2n) is 6.23. The summed E-state index contributed by atoms with van der Waals surface area (Å²) in [5, 5.41) is 0. The summed E-state index contributed by atoms with van der Waals surface area (Å²) in [4.78, 5) is 2.59. The van der Waals surface area contributed by atoms with Crippen molar-refractivity contribution in [3.63, 3.8) is 0 Å². The van der Waals surface area contributed by atoms with Crippen molar-refractivity contribution < 1.29 is 4.39 Å². The molecule has 1 saturated carbocycles. The fourth-order valence-electron chi connectivity index (χ4n) is 3.44. The van der Waals surface area contributed by atoms with Gasteiger partial charge < -0.3 is 5.73 Å². The zero-order valence-electron chi connectivity index (χ0n) is 11.4. The van der Waals surface area contributed by atoms with E-state index in [0.29, 0.717) is 12.0 Å². The van der Waals surface area contributed by atoms with Gasteiger partial charge in [0.25, 0.3) is 0 Å². The third-order valence-corrected chi connectivity index (χ3v) is 4.63. The molecule has 2 atom stereocenters. The normalized spacial score (nSPS) is 29.2. The van der Waals surface area contributed by atoms with E-state index in [1.807, 2.05) is 12.1 Å². The van der Waals surface area contributed by atoms with E-state index in [9.17, 15) is 4.39 Å². The molecular weight excluding hydrogens is 239 g/mol. The van der Waals surface area contributed by atoms with Gasteiger partial charge >= 0.3 is 0 Å². The number of benzene rings is 1. The number of nitrogens with zero attached hydrogens (tertiary/aromatic N) is 1. The Morgan fingerprint density at radius 2 is 1.89 bits per heavy atom. The summed E-state index contributed by atoms with van der Waals surface area (Å²) in [6.07, 6.45) is 6.18. The van der Waals surface area contributed by atoms with Crippen molar-refractivity contribution >= 4 is 0 Å². The van der Waals surface area contributed by atoms with Crippen LogP contribution in [0.25, 0.3) is 0 Å². The van der Waals surface area contributed by atoms with Crippen LogP contribution in [-0.4, -0.2) is 30.1 Å². The van der Waals surface area contributed by atoms with Crippen LogP contribution in [0.1, 0.15) is 31.2 Å². The Hall–Kier alpha value is -0.930. The average molecular weight is 262 g/mol. The molecule has 2 aliphatic rings. The minimum absolute atomic E-state index is 0.153. The molecule has 2 nitrogen and oxygen atoms in total. The summed E-state index contributed by atoms with van der Waals surface area (Å²) in [5.41, 5.74) is 7.44. The monoisotopic (exact) mass is 262 g/mol. The molecular formula is C16H23FN2. The van der Waals surface area contributed by atoms with E-state index >= 15 is 0 Å². The lowest BCUT2D eigenvalue weighted by atomic mass is 9.84. The number of halogens is 1. The first kappa shape index (κ1) is 13.1. The molecule has 3 heteroatoms. The summed E-state index contributed by atoms with van der Waals surface area (Å²) in [5.74, 6) is 0.468. The summed E-state index contributed by atoms with van der Waals surface area (Å²) in [6.45, 7) is 2.22. The van der Waals surface area contributed by atoms with Crippen LogP contribution in [0.15, 0.2) is 24.3 Å². The van der Waals surface area contributed by atoms with Gasteiger partial charge in [0, 0.05) is 25.2 Å². The molecule has 3 rings (SSSR count). The average Bonchev–Trinajstić information content (AvgIpc) is 2.29. The van der Waals surface area contributed by atoms with Crippen molar-refractivity contribution in [2.24, 2.45) is 11.7 Å². The van der Waals surface area contributed by atoms with Crippen LogP contribution < -0.4 is 5.73 Å². The Morgan fingerprint density at radius 3 is 2.53 bits per heavy atom. The van der Waals surface area contributed by atoms with Crippen molar-refractivity contribution in [2.45, 2.75) is 44.2 Å². The van der Waals surface area contributed by atoms with Crippen molar-refractivity contribution in [3.05, 3.63) is 35.6 Å². The molecule has 2 unspecified atom stereocenters. The highest BCUT2D eigenvalue weighted by atomic mass is 19.1. The maximum atomic E-state index is 12.9. The van der Waals surface area contributed by atoms with Crippen LogP contribution in [0.4, 0.5) is 4.39 Å². The molecule has 1 heterocycles. The molecule has 2 fully saturated rings. The van der Waals surface area contributed by atoms with Gasteiger partial charge in [-0.15, -0.1) is 0 Å². The van der Waals surface area contributed by atoms with E-state index in [0.717, 1.165) is 32.0 Å².